The summed E-state index contributed by atoms with van der Waals surface area (Å²) in [5.41, 5.74) is 1.02. The van der Waals surface area contributed by atoms with E-state index in [1.807, 2.05) is 6.92 Å². The Kier molecular flexibility index (Phi) is 1.91. The highest BCUT2D eigenvalue weighted by Crippen LogP contribution is 2.28. The molecule has 2 rings (SSSR count). The highest BCUT2D eigenvalue weighted by Gasteiger charge is 2.24. The number of hydrogen-bond donors (Lipinski definition) is 2. The molecule has 1 unspecified atom stereocenters. The fourth-order valence-corrected chi connectivity index (χ4v) is 1.63. The van der Waals surface area contributed by atoms with E-state index in [0.29, 0.717) is 17.7 Å². The van der Waals surface area contributed by atoms with Gasteiger partial charge in [-0.1, -0.05) is 6.92 Å². The van der Waals surface area contributed by atoms with Crippen LogP contribution in [0, 0.1) is 5.82 Å². The van der Waals surface area contributed by atoms with E-state index in [1.165, 1.54) is 12.1 Å². The normalized spacial score (nSPS) is 20.1. The predicted molar refractivity (Wildman–Crippen MR) is 48.8 cm³/mol. The van der Waals surface area contributed by atoms with Crippen LogP contribution in [0.4, 0.5) is 4.39 Å². The van der Waals surface area contributed by atoms with Gasteiger partial charge in [-0.2, -0.15) is 0 Å². The molecule has 0 aliphatic carbocycles. The first kappa shape index (κ1) is 8.99. The van der Waals surface area contributed by atoms with Crippen LogP contribution in [0.15, 0.2) is 12.1 Å². The van der Waals surface area contributed by atoms with E-state index in [0.717, 1.165) is 0 Å². The molecule has 1 heterocycles. The second-order valence-electron chi connectivity index (χ2n) is 3.50. The first-order valence-electron chi connectivity index (χ1n) is 4.40. The highest BCUT2D eigenvalue weighted by atomic mass is 19.1. The average Bonchev–Trinajstić information content (AvgIpc) is 2.15. The summed E-state index contributed by atoms with van der Waals surface area (Å²) in [4.78, 5) is 11.3. The zero-order chi connectivity index (χ0) is 10.3. The quantitative estimate of drug-likeness (QED) is 0.657. The number of amides is 1. The van der Waals surface area contributed by atoms with E-state index >= 15 is 0 Å². The molecule has 0 saturated heterocycles. The number of carbonyl (C=O) groups excluding carboxylic acids is 1. The van der Waals surface area contributed by atoms with Crippen molar-refractivity contribution < 1.29 is 14.3 Å². The molecule has 1 aliphatic heterocycles. The van der Waals surface area contributed by atoms with Crippen molar-refractivity contribution in [2.45, 2.75) is 12.8 Å². The Balaban J connectivity index is 2.62. The van der Waals surface area contributed by atoms with E-state index in [9.17, 15) is 9.18 Å². The van der Waals surface area contributed by atoms with Crippen molar-refractivity contribution in [3.8, 4) is 5.75 Å². The van der Waals surface area contributed by atoms with Gasteiger partial charge in [0, 0.05) is 12.1 Å². The second-order valence-corrected chi connectivity index (χ2v) is 3.50. The summed E-state index contributed by atoms with van der Waals surface area (Å²) in [6, 6.07) is 2.41. The molecule has 74 valence electrons. The van der Waals surface area contributed by atoms with E-state index in [4.69, 9.17) is 5.11 Å². The molecule has 3 nitrogen and oxygen atoms in total. The van der Waals surface area contributed by atoms with Gasteiger partial charge in [0.2, 0.25) is 0 Å². The summed E-state index contributed by atoms with van der Waals surface area (Å²) < 4.78 is 13.0. The van der Waals surface area contributed by atoms with E-state index in [1.54, 1.807) is 0 Å². The van der Waals surface area contributed by atoms with Crippen molar-refractivity contribution >= 4 is 5.91 Å². The molecule has 1 amide bonds. The topological polar surface area (TPSA) is 49.3 Å². The standard InChI is InChI=1S/C10H10FNO2/c1-5-4-12-10(14)7-3-9(13)8(11)2-6(5)7/h2-3,5,13H,4H2,1H3,(H,12,14). The second kappa shape index (κ2) is 2.97. The van der Waals surface area contributed by atoms with E-state index in [-0.39, 0.29) is 11.8 Å². The first-order chi connectivity index (χ1) is 6.59. The minimum atomic E-state index is -0.676. The SMILES string of the molecule is CC1CNC(=O)c2cc(O)c(F)cc21. The number of aromatic hydroxyl groups is 1. The zero-order valence-corrected chi connectivity index (χ0v) is 7.67. The lowest BCUT2D eigenvalue weighted by molar-refractivity contribution is 0.0940. The molecule has 2 N–H and O–H groups in total. The molecule has 1 aliphatic rings. The minimum Gasteiger partial charge on any atom is -0.505 e. The molecule has 1 aromatic carbocycles. The van der Waals surface area contributed by atoms with Gasteiger partial charge in [-0.15, -0.1) is 0 Å². The summed E-state index contributed by atoms with van der Waals surface area (Å²) in [5.74, 6) is -1.33. The maximum Gasteiger partial charge on any atom is 0.251 e. The molecule has 0 radical (unpaired) electrons. The Morgan fingerprint density at radius 1 is 1.57 bits per heavy atom. The smallest absolute Gasteiger partial charge is 0.251 e. The van der Waals surface area contributed by atoms with Gasteiger partial charge in [-0.25, -0.2) is 4.39 Å². The number of benzene rings is 1. The third kappa shape index (κ3) is 1.23. The fourth-order valence-electron chi connectivity index (χ4n) is 1.63. The van der Waals surface area contributed by atoms with Gasteiger partial charge < -0.3 is 10.4 Å². The number of phenols is 1. The molecule has 0 aromatic heterocycles. The third-order valence-corrected chi connectivity index (χ3v) is 2.46. The van der Waals surface area contributed by atoms with Crippen molar-refractivity contribution in [1.82, 2.24) is 5.32 Å². The van der Waals surface area contributed by atoms with Gasteiger partial charge in [0.15, 0.2) is 11.6 Å². The number of hydrogen-bond acceptors (Lipinski definition) is 2. The molecular formula is C10H10FNO2. The van der Waals surface area contributed by atoms with Gasteiger partial charge in [0.25, 0.3) is 5.91 Å². The number of halogens is 1. The molecular weight excluding hydrogens is 185 g/mol. The maximum atomic E-state index is 13.0. The Labute approximate surface area is 80.6 Å². The van der Waals surface area contributed by atoms with Crippen LogP contribution >= 0.6 is 0 Å². The fraction of sp³-hybridized carbons (Fsp3) is 0.300. The van der Waals surface area contributed by atoms with Crippen molar-refractivity contribution in [2.24, 2.45) is 0 Å². The number of rotatable bonds is 0. The Morgan fingerprint density at radius 2 is 2.29 bits per heavy atom. The molecule has 4 heteroatoms. The Morgan fingerprint density at radius 3 is 3.00 bits per heavy atom. The van der Waals surface area contributed by atoms with Crippen LogP contribution in [0.2, 0.25) is 0 Å². The highest BCUT2D eigenvalue weighted by molar-refractivity contribution is 5.97. The third-order valence-electron chi connectivity index (χ3n) is 2.46. The Bertz CT molecular complexity index is 403. The molecule has 1 aromatic rings. The summed E-state index contributed by atoms with van der Waals surface area (Å²) in [5, 5.41) is 11.8. The lowest BCUT2D eigenvalue weighted by Gasteiger charge is -2.22. The molecule has 0 saturated carbocycles. The van der Waals surface area contributed by atoms with Crippen LogP contribution in [0.5, 0.6) is 5.75 Å². The lowest BCUT2D eigenvalue weighted by Crippen LogP contribution is -2.34. The Hall–Kier alpha value is -1.58. The van der Waals surface area contributed by atoms with Crippen LogP contribution in [-0.4, -0.2) is 17.6 Å². The van der Waals surface area contributed by atoms with Gasteiger partial charge >= 0.3 is 0 Å². The van der Waals surface area contributed by atoms with Crippen molar-refractivity contribution in [3.63, 3.8) is 0 Å². The summed E-state index contributed by atoms with van der Waals surface area (Å²) in [7, 11) is 0. The predicted octanol–water partition coefficient (Wildman–Crippen LogP) is 1.38. The van der Waals surface area contributed by atoms with E-state index in [2.05, 4.69) is 5.32 Å². The van der Waals surface area contributed by atoms with Crippen LogP contribution in [-0.2, 0) is 0 Å². The van der Waals surface area contributed by atoms with Gasteiger partial charge in [0.05, 0.1) is 0 Å². The number of phenolic OH excluding ortho intramolecular Hbond substituents is 1. The van der Waals surface area contributed by atoms with Crippen LogP contribution in [0.25, 0.3) is 0 Å². The molecule has 14 heavy (non-hydrogen) atoms. The largest absolute Gasteiger partial charge is 0.505 e. The number of nitrogens with one attached hydrogen (secondary N) is 1. The monoisotopic (exact) mass is 195 g/mol. The average molecular weight is 195 g/mol. The van der Waals surface area contributed by atoms with Crippen LogP contribution in [0.1, 0.15) is 28.8 Å². The number of fused-ring (bicyclic) bond motifs is 1. The van der Waals surface area contributed by atoms with Crippen molar-refractivity contribution in [2.75, 3.05) is 6.54 Å². The van der Waals surface area contributed by atoms with Crippen LogP contribution < -0.4 is 5.32 Å². The minimum absolute atomic E-state index is 0.0813. The van der Waals surface area contributed by atoms with Crippen molar-refractivity contribution in [3.05, 3.63) is 29.1 Å². The number of carbonyl (C=O) groups is 1. The van der Waals surface area contributed by atoms with Gasteiger partial charge in [-0.05, 0) is 23.6 Å². The lowest BCUT2D eigenvalue weighted by atomic mass is 9.91. The molecule has 1 atom stereocenters. The van der Waals surface area contributed by atoms with E-state index < -0.39 is 11.6 Å². The molecule has 0 fully saturated rings. The van der Waals surface area contributed by atoms with Gasteiger partial charge in [-0.3, -0.25) is 4.79 Å². The summed E-state index contributed by atoms with van der Waals surface area (Å²) in [6.45, 7) is 2.41. The van der Waals surface area contributed by atoms with Crippen LogP contribution in [0.3, 0.4) is 0 Å². The first-order valence-corrected chi connectivity index (χ1v) is 4.40. The summed E-state index contributed by atoms with van der Waals surface area (Å²) in [6.07, 6.45) is 0. The summed E-state index contributed by atoms with van der Waals surface area (Å²) >= 11 is 0. The van der Waals surface area contributed by atoms with Crippen molar-refractivity contribution in [1.29, 1.82) is 0 Å². The van der Waals surface area contributed by atoms with Gasteiger partial charge in [0.1, 0.15) is 0 Å². The molecule has 0 bridgehead atoms. The zero-order valence-electron chi connectivity index (χ0n) is 7.67. The maximum absolute atomic E-state index is 13.0. The molecule has 0 spiro atoms.